The third-order valence-corrected chi connectivity index (χ3v) is 4.45. The number of benzene rings is 2. The molecule has 2 aromatic carbocycles. The van der Waals surface area contributed by atoms with Crippen molar-refractivity contribution >= 4 is 18.0 Å². The van der Waals surface area contributed by atoms with Gasteiger partial charge in [0.2, 0.25) is 0 Å². The van der Waals surface area contributed by atoms with Gasteiger partial charge in [0, 0.05) is 17.7 Å². The molecule has 29 heavy (non-hydrogen) atoms. The van der Waals surface area contributed by atoms with E-state index in [4.69, 9.17) is 14.2 Å². The van der Waals surface area contributed by atoms with Crippen LogP contribution in [0.15, 0.2) is 48.5 Å². The summed E-state index contributed by atoms with van der Waals surface area (Å²) in [5.41, 5.74) is 2.92. The van der Waals surface area contributed by atoms with E-state index in [-0.39, 0.29) is 18.6 Å². The van der Waals surface area contributed by atoms with Crippen LogP contribution >= 0.6 is 0 Å². The third-order valence-electron chi connectivity index (χ3n) is 4.45. The molecule has 0 bridgehead atoms. The van der Waals surface area contributed by atoms with Crippen molar-refractivity contribution in [2.75, 3.05) is 20.8 Å². The normalized spacial score (nSPS) is 11.7. The lowest BCUT2D eigenvalue weighted by molar-refractivity contribution is -0.144. The highest BCUT2D eigenvalue weighted by Gasteiger charge is 2.11. The number of esters is 1. The second-order valence-corrected chi connectivity index (χ2v) is 6.43. The van der Waals surface area contributed by atoms with Crippen LogP contribution in [0.4, 0.5) is 0 Å². The van der Waals surface area contributed by atoms with E-state index < -0.39 is 5.97 Å². The smallest absolute Gasteiger partial charge is 0.331 e. The SMILES string of the molecule is CCc1ccc([C@@H](C)NC(=O)COC(=O)/C=C/c2ccc(OC)cc2OC)cc1. The molecule has 0 aliphatic rings. The second kappa shape index (κ2) is 10.9. The summed E-state index contributed by atoms with van der Waals surface area (Å²) in [6.45, 7) is 3.63. The minimum Gasteiger partial charge on any atom is -0.497 e. The van der Waals surface area contributed by atoms with E-state index in [9.17, 15) is 9.59 Å². The lowest BCUT2D eigenvalue weighted by Gasteiger charge is -2.14. The highest BCUT2D eigenvalue weighted by molar-refractivity contribution is 5.89. The van der Waals surface area contributed by atoms with Crippen LogP contribution in [0.5, 0.6) is 11.5 Å². The Kier molecular flexibility index (Phi) is 8.27. The third kappa shape index (κ3) is 6.68. The van der Waals surface area contributed by atoms with E-state index in [1.165, 1.54) is 18.7 Å². The fourth-order valence-electron chi connectivity index (χ4n) is 2.71. The molecule has 0 spiro atoms. The Morgan fingerprint density at radius 2 is 1.79 bits per heavy atom. The van der Waals surface area contributed by atoms with Gasteiger partial charge in [-0.05, 0) is 42.7 Å². The molecule has 0 saturated heterocycles. The number of hydrogen-bond acceptors (Lipinski definition) is 5. The molecule has 1 atom stereocenters. The van der Waals surface area contributed by atoms with E-state index in [1.807, 2.05) is 31.2 Å². The molecular weight excluding hydrogens is 370 g/mol. The molecule has 0 aliphatic carbocycles. The molecule has 0 aromatic heterocycles. The molecule has 6 nitrogen and oxygen atoms in total. The molecule has 0 aliphatic heterocycles. The van der Waals surface area contributed by atoms with Crippen molar-refractivity contribution in [3.63, 3.8) is 0 Å². The first kappa shape index (κ1) is 22.0. The lowest BCUT2D eigenvalue weighted by Crippen LogP contribution is -2.30. The van der Waals surface area contributed by atoms with Crippen LogP contribution in [0.25, 0.3) is 6.08 Å². The largest absolute Gasteiger partial charge is 0.497 e. The maximum atomic E-state index is 12.1. The molecule has 154 valence electrons. The summed E-state index contributed by atoms with van der Waals surface area (Å²) in [6, 6.07) is 13.1. The summed E-state index contributed by atoms with van der Waals surface area (Å²) in [4.78, 5) is 24.0. The van der Waals surface area contributed by atoms with Crippen LogP contribution in [0.2, 0.25) is 0 Å². The van der Waals surface area contributed by atoms with Crippen molar-refractivity contribution in [3.05, 3.63) is 65.2 Å². The van der Waals surface area contributed by atoms with E-state index in [2.05, 4.69) is 12.2 Å². The molecule has 2 rings (SSSR count). The molecule has 6 heteroatoms. The Hall–Kier alpha value is -3.28. The van der Waals surface area contributed by atoms with Gasteiger partial charge in [0.15, 0.2) is 6.61 Å². The highest BCUT2D eigenvalue weighted by atomic mass is 16.5. The monoisotopic (exact) mass is 397 g/mol. The minimum atomic E-state index is -0.613. The summed E-state index contributed by atoms with van der Waals surface area (Å²) in [5.74, 6) is 0.240. The molecule has 2 aromatic rings. The predicted octanol–water partition coefficient (Wildman–Crippen LogP) is 3.70. The first-order valence-corrected chi connectivity index (χ1v) is 9.41. The van der Waals surface area contributed by atoms with Gasteiger partial charge >= 0.3 is 5.97 Å². The van der Waals surface area contributed by atoms with Crippen LogP contribution in [0.3, 0.4) is 0 Å². The zero-order valence-corrected chi connectivity index (χ0v) is 17.2. The molecule has 0 fully saturated rings. The van der Waals surface area contributed by atoms with Gasteiger partial charge in [-0.3, -0.25) is 4.79 Å². The number of hydrogen-bond donors (Lipinski definition) is 1. The van der Waals surface area contributed by atoms with Crippen molar-refractivity contribution in [2.45, 2.75) is 26.3 Å². The van der Waals surface area contributed by atoms with Crippen LogP contribution in [0.1, 0.15) is 36.6 Å². The topological polar surface area (TPSA) is 73.9 Å². The number of aryl methyl sites for hydroxylation is 1. The molecular formula is C23H27NO5. The Bertz CT molecular complexity index is 858. The van der Waals surface area contributed by atoms with E-state index in [1.54, 1.807) is 31.4 Å². The average Bonchev–Trinajstić information content (AvgIpc) is 2.76. The first-order chi connectivity index (χ1) is 14.0. The van der Waals surface area contributed by atoms with Gasteiger partial charge < -0.3 is 19.5 Å². The van der Waals surface area contributed by atoms with Gasteiger partial charge in [0.25, 0.3) is 5.91 Å². The first-order valence-electron chi connectivity index (χ1n) is 9.41. The van der Waals surface area contributed by atoms with Gasteiger partial charge in [0.05, 0.1) is 20.3 Å². The Morgan fingerprint density at radius 3 is 2.41 bits per heavy atom. The molecule has 1 amide bonds. The number of rotatable bonds is 9. The predicted molar refractivity (Wildman–Crippen MR) is 112 cm³/mol. The standard InChI is InChI=1S/C23H27NO5/c1-5-17-6-8-18(9-7-17)16(2)24-22(25)15-29-23(26)13-11-19-10-12-20(27-3)14-21(19)28-4/h6-14,16H,5,15H2,1-4H3,(H,24,25)/b13-11+/t16-/m1/s1. The van der Waals surface area contributed by atoms with E-state index in [0.29, 0.717) is 17.1 Å². The fourth-order valence-corrected chi connectivity index (χ4v) is 2.71. The molecule has 1 N–H and O–H groups in total. The lowest BCUT2D eigenvalue weighted by atomic mass is 10.1. The van der Waals surface area contributed by atoms with Crippen LogP contribution < -0.4 is 14.8 Å². The summed E-state index contributed by atoms with van der Waals surface area (Å²) in [5, 5.41) is 2.82. The second-order valence-electron chi connectivity index (χ2n) is 6.43. The average molecular weight is 397 g/mol. The Balaban J connectivity index is 1.85. The number of methoxy groups -OCH3 is 2. The Morgan fingerprint density at radius 1 is 1.07 bits per heavy atom. The summed E-state index contributed by atoms with van der Waals surface area (Å²) in [6.07, 6.45) is 3.79. The highest BCUT2D eigenvalue weighted by Crippen LogP contribution is 2.25. The van der Waals surface area contributed by atoms with Gasteiger partial charge in [-0.2, -0.15) is 0 Å². The van der Waals surface area contributed by atoms with Crippen molar-refractivity contribution in [3.8, 4) is 11.5 Å². The zero-order chi connectivity index (χ0) is 21.2. The van der Waals surface area contributed by atoms with Crippen molar-refractivity contribution in [1.82, 2.24) is 5.32 Å². The molecule has 0 saturated carbocycles. The number of carbonyl (C=O) groups is 2. The molecule has 0 radical (unpaired) electrons. The maximum absolute atomic E-state index is 12.1. The zero-order valence-electron chi connectivity index (χ0n) is 17.2. The number of amides is 1. The number of carbonyl (C=O) groups excluding carboxylic acids is 2. The van der Waals surface area contributed by atoms with Gasteiger partial charge in [-0.25, -0.2) is 4.79 Å². The summed E-state index contributed by atoms with van der Waals surface area (Å²) < 4.78 is 15.4. The molecule has 0 heterocycles. The summed E-state index contributed by atoms with van der Waals surface area (Å²) in [7, 11) is 3.10. The fraction of sp³-hybridized carbons (Fsp3) is 0.304. The van der Waals surface area contributed by atoms with Gasteiger partial charge in [0.1, 0.15) is 11.5 Å². The number of ether oxygens (including phenoxy) is 3. The van der Waals surface area contributed by atoms with Crippen molar-refractivity contribution in [2.24, 2.45) is 0 Å². The molecule has 0 unspecified atom stereocenters. The van der Waals surface area contributed by atoms with Gasteiger partial charge in [-0.1, -0.05) is 31.2 Å². The van der Waals surface area contributed by atoms with Crippen molar-refractivity contribution in [1.29, 1.82) is 0 Å². The quantitative estimate of drug-likeness (QED) is 0.516. The van der Waals surface area contributed by atoms with E-state index >= 15 is 0 Å². The maximum Gasteiger partial charge on any atom is 0.331 e. The van der Waals surface area contributed by atoms with Crippen molar-refractivity contribution < 1.29 is 23.8 Å². The van der Waals surface area contributed by atoms with Crippen LogP contribution in [-0.2, 0) is 20.7 Å². The number of nitrogens with one attached hydrogen (secondary N) is 1. The summed E-state index contributed by atoms with van der Waals surface area (Å²) >= 11 is 0. The van der Waals surface area contributed by atoms with E-state index in [0.717, 1.165) is 12.0 Å². The minimum absolute atomic E-state index is 0.175. The van der Waals surface area contributed by atoms with Crippen LogP contribution in [-0.4, -0.2) is 32.7 Å². The van der Waals surface area contributed by atoms with Gasteiger partial charge in [-0.15, -0.1) is 0 Å². The Labute approximate surface area is 171 Å². The van der Waals surface area contributed by atoms with Crippen LogP contribution in [0, 0.1) is 0 Å².